The minimum Gasteiger partial charge on any atom is -0.462 e. The molecule has 1 heterocycles. The largest absolute Gasteiger partial charge is 0.462 e. The van der Waals surface area contributed by atoms with E-state index in [1.165, 1.54) is 6.92 Å². The molecule has 2 aliphatic rings. The van der Waals surface area contributed by atoms with Gasteiger partial charge in [0.2, 0.25) is 0 Å². The molecule has 1 fully saturated rings. The summed E-state index contributed by atoms with van der Waals surface area (Å²) in [6.07, 6.45) is 3.07. The third-order valence-corrected chi connectivity index (χ3v) is 3.98. The van der Waals surface area contributed by atoms with Crippen LogP contribution < -0.4 is 0 Å². The molecule has 1 aliphatic heterocycles. The van der Waals surface area contributed by atoms with Crippen LogP contribution in [0.2, 0.25) is 0 Å². The topological polar surface area (TPSA) is 91.4 Å². The quantitative estimate of drug-likeness (QED) is 0.215. The lowest BCUT2D eigenvalue weighted by atomic mass is 9.83. The van der Waals surface area contributed by atoms with Crippen LogP contribution in [0.15, 0.2) is 23.8 Å². The van der Waals surface area contributed by atoms with Crippen molar-refractivity contribution in [3.8, 4) is 0 Å². The van der Waals surface area contributed by atoms with E-state index in [2.05, 4.69) is 6.58 Å². The molecule has 0 aromatic heterocycles. The average Bonchev–Trinajstić information content (AvgIpc) is 3.40. The normalized spacial score (nSPS) is 24.7. The fourth-order valence-electron chi connectivity index (χ4n) is 2.46. The first-order valence-electron chi connectivity index (χ1n) is 8.38. The summed E-state index contributed by atoms with van der Waals surface area (Å²) in [5, 5.41) is 0. The number of hydrogen-bond donors (Lipinski definition) is 0. The van der Waals surface area contributed by atoms with Crippen molar-refractivity contribution in [1.29, 1.82) is 0 Å². The van der Waals surface area contributed by atoms with E-state index in [1.807, 2.05) is 6.92 Å². The van der Waals surface area contributed by atoms with Gasteiger partial charge in [-0.05, 0) is 25.7 Å². The highest BCUT2D eigenvalue weighted by Crippen LogP contribution is 2.30. The van der Waals surface area contributed by atoms with Crippen molar-refractivity contribution in [3.05, 3.63) is 23.8 Å². The SMILES string of the molecule is C=C(C)C(=O)OCCOC(=O)C1=CC(C)CCC1C(=O)OCC1CO1. The van der Waals surface area contributed by atoms with Gasteiger partial charge in [0.15, 0.2) is 0 Å². The first-order valence-corrected chi connectivity index (χ1v) is 8.38. The predicted octanol–water partition coefficient (Wildman–Crippen LogP) is 1.56. The molecule has 0 bridgehead atoms. The molecule has 7 nitrogen and oxygen atoms in total. The predicted molar refractivity (Wildman–Crippen MR) is 87.4 cm³/mol. The van der Waals surface area contributed by atoms with Crippen LogP contribution >= 0.6 is 0 Å². The Morgan fingerprint density at radius 3 is 2.52 bits per heavy atom. The van der Waals surface area contributed by atoms with Gasteiger partial charge >= 0.3 is 17.9 Å². The molecule has 0 radical (unpaired) electrons. The summed E-state index contributed by atoms with van der Waals surface area (Å²) in [6.45, 7) is 7.64. The first-order chi connectivity index (χ1) is 11.9. The molecular weight excluding hydrogens is 328 g/mol. The maximum Gasteiger partial charge on any atom is 0.334 e. The minimum atomic E-state index is -0.625. The molecular formula is C18H24O7. The second-order valence-corrected chi connectivity index (χ2v) is 6.37. The number of hydrogen-bond acceptors (Lipinski definition) is 7. The summed E-state index contributed by atoms with van der Waals surface area (Å²) in [5.41, 5.74) is 0.587. The van der Waals surface area contributed by atoms with Gasteiger partial charge in [0.25, 0.3) is 0 Å². The molecule has 0 spiro atoms. The highest BCUT2D eigenvalue weighted by atomic mass is 16.6. The average molecular weight is 352 g/mol. The zero-order chi connectivity index (χ0) is 18.4. The van der Waals surface area contributed by atoms with Crippen LogP contribution in [-0.4, -0.2) is 50.4 Å². The molecule has 138 valence electrons. The number of esters is 3. The maximum atomic E-state index is 12.3. The van der Waals surface area contributed by atoms with Crippen molar-refractivity contribution in [2.24, 2.45) is 11.8 Å². The van der Waals surface area contributed by atoms with Crippen LogP contribution in [0.4, 0.5) is 0 Å². The van der Waals surface area contributed by atoms with Crippen molar-refractivity contribution in [2.75, 3.05) is 26.4 Å². The van der Waals surface area contributed by atoms with Crippen molar-refractivity contribution < 1.29 is 33.3 Å². The number of allylic oxidation sites excluding steroid dienone is 1. The molecule has 1 saturated heterocycles. The Hall–Kier alpha value is -2.15. The Labute approximate surface area is 146 Å². The van der Waals surface area contributed by atoms with Gasteiger partial charge in [-0.15, -0.1) is 0 Å². The Kier molecular flexibility index (Phi) is 6.75. The smallest absolute Gasteiger partial charge is 0.334 e. The molecule has 3 atom stereocenters. The van der Waals surface area contributed by atoms with Crippen LogP contribution in [-0.2, 0) is 33.3 Å². The first kappa shape index (κ1) is 19.2. The van der Waals surface area contributed by atoms with E-state index in [4.69, 9.17) is 18.9 Å². The monoisotopic (exact) mass is 352 g/mol. The van der Waals surface area contributed by atoms with Crippen molar-refractivity contribution >= 4 is 17.9 Å². The lowest BCUT2D eigenvalue weighted by molar-refractivity contribution is -0.152. The van der Waals surface area contributed by atoms with Gasteiger partial charge in [-0.25, -0.2) is 9.59 Å². The van der Waals surface area contributed by atoms with Crippen LogP contribution in [0, 0.1) is 11.8 Å². The van der Waals surface area contributed by atoms with E-state index in [9.17, 15) is 14.4 Å². The van der Waals surface area contributed by atoms with Crippen LogP contribution in [0.3, 0.4) is 0 Å². The number of ether oxygens (including phenoxy) is 4. The summed E-state index contributed by atoms with van der Waals surface area (Å²) in [7, 11) is 0. The summed E-state index contributed by atoms with van der Waals surface area (Å²) < 4.78 is 20.2. The Morgan fingerprint density at radius 2 is 1.88 bits per heavy atom. The number of rotatable bonds is 8. The van der Waals surface area contributed by atoms with Gasteiger partial charge < -0.3 is 18.9 Å². The zero-order valence-corrected chi connectivity index (χ0v) is 14.6. The van der Waals surface area contributed by atoms with Crippen molar-refractivity contribution in [3.63, 3.8) is 0 Å². The summed E-state index contributed by atoms with van der Waals surface area (Å²) >= 11 is 0. The number of epoxide rings is 1. The van der Waals surface area contributed by atoms with Gasteiger partial charge in [0.1, 0.15) is 25.9 Å². The van der Waals surface area contributed by atoms with Crippen LogP contribution in [0.25, 0.3) is 0 Å². The van der Waals surface area contributed by atoms with Crippen LogP contribution in [0.1, 0.15) is 26.7 Å². The van der Waals surface area contributed by atoms with Crippen LogP contribution in [0.5, 0.6) is 0 Å². The summed E-state index contributed by atoms with van der Waals surface area (Å²) in [6, 6.07) is 0. The molecule has 3 unspecified atom stereocenters. The van der Waals surface area contributed by atoms with Gasteiger partial charge in [-0.1, -0.05) is 19.6 Å². The molecule has 0 amide bonds. The molecule has 0 aromatic rings. The van der Waals surface area contributed by atoms with E-state index in [1.54, 1.807) is 6.08 Å². The van der Waals surface area contributed by atoms with Gasteiger partial charge in [0, 0.05) is 11.1 Å². The van der Waals surface area contributed by atoms with E-state index in [-0.39, 0.29) is 37.4 Å². The fraction of sp³-hybridized carbons (Fsp3) is 0.611. The lowest BCUT2D eigenvalue weighted by Crippen LogP contribution is -2.30. The summed E-state index contributed by atoms with van der Waals surface area (Å²) in [4.78, 5) is 35.8. The standard InChI is InChI=1S/C18H24O7/c1-11(2)16(19)22-6-7-23-18(21)15-8-12(3)4-5-14(15)17(20)25-10-13-9-24-13/h8,12-14H,1,4-7,9-10H2,2-3H3. The highest BCUT2D eigenvalue weighted by molar-refractivity contribution is 5.95. The van der Waals surface area contributed by atoms with E-state index in [0.717, 1.165) is 6.42 Å². The van der Waals surface area contributed by atoms with E-state index in [0.29, 0.717) is 18.6 Å². The number of carbonyl (C=O) groups excluding carboxylic acids is 3. The Balaban J connectivity index is 1.85. The third kappa shape index (κ3) is 6.01. The molecule has 0 aromatic carbocycles. The molecule has 7 heteroatoms. The van der Waals surface area contributed by atoms with Crippen molar-refractivity contribution in [2.45, 2.75) is 32.8 Å². The van der Waals surface area contributed by atoms with E-state index >= 15 is 0 Å². The minimum absolute atomic E-state index is 0.0196. The fourth-order valence-corrected chi connectivity index (χ4v) is 2.46. The van der Waals surface area contributed by atoms with E-state index < -0.39 is 23.8 Å². The lowest BCUT2D eigenvalue weighted by Gasteiger charge is -2.24. The Bertz CT molecular complexity index is 574. The maximum absolute atomic E-state index is 12.3. The third-order valence-electron chi connectivity index (χ3n) is 3.98. The van der Waals surface area contributed by atoms with Gasteiger partial charge in [0.05, 0.1) is 12.5 Å². The molecule has 25 heavy (non-hydrogen) atoms. The molecule has 2 rings (SSSR count). The van der Waals surface area contributed by atoms with Crippen molar-refractivity contribution in [1.82, 2.24) is 0 Å². The van der Waals surface area contributed by atoms with Gasteiger partial charge in [-0.3, -0.25) is 4.79 Å². The highest BCUT2D eigenvalue weighted by Gasteiger charge is 2.35. The molecule has 0 N–H and O–H groups in total. The molecule has 0 saturated carbocycles. The zero-order valence-electron chi connectivity index (χ0n) is 14.6. The summed E-state index contributed by atoms with van der Waals surface area (Å²) in [5.74, 6) is -1.99. The van der Waals surface area contributed by atoms with Gasteiger partial charge in [-0.2, -0.15) is 0 Å². The Morgan fingerprint density at radius 1 is 1.20 bits per heavy atom. The second-order valence-electron chi connectivity index (χ2n) is 6.37. The second kappa shape index (κ2) is 8.80. The molecule has 1 aliphatic carbocycles. The number of carbonyl (C=O) groups is 3.